The number of aromatic nitrogens is 2. The van der Waals surface area contributed by atoms with E-state index in [0.29, 0.717) is 5.41 Å². The highest BCUT2D eigenvalue weighted by Gasteiger charge is 2.51. The third-order valence-electron chi connectivity index (χ3n) is 6.39. The van der Waals surface area contributed by atoms with Crippen LogP contribution in [0.4, 0.5) is 0 Å². The summed E-state index contributed by atoms with van der Waals surface area (Å²) in [6.07, 6.45) is 10.9. The van der Waals surface area contributed by atoms with E-state index < -0.39 is 0 Å². The first-order valence-electron chi connectivity index (χ1n) is 8.86. The number of nitrogens with zero attached hydrogens (tertiary/aromatic N) is 2. The molecule has 4 heteroatoms. The van der Waals surface area contributed by atoms with Crippen LogP contribution in [0.5, 0.6) is 0 Å². The summed E-state index contributed by atoms with van der Waals surface area (Å²) in [5, 5.41) is 7.00. The number of aryl methyl sites for hydroxylation is 1. The van der Waals surface area contributed by atoms with Crippen molar-refractivity contribution in [3.8, 4) is 0 Å². The second-order valence-corrected chi connectivity index (χ2v) is 8.19. The van der Waals surface area contributed by atoms with Gasteiger partial charge >= 0.3 is 0 Å². The van der Waals surface area contributed by atoms with Crippen LogP contribution in [0.3, 0.4) is 0 Å². The van der Waals surface area contributed by atoms with Crippen LogP contribution in [0, 0.1) is 23.2 Å². The highest BCUT2D eigenvalue weighted by molar-refractivity contribution is 5.94. The Kier molecular flexibility index (Phi) is 3.31. The molecule has 0 unspecified atom stereocenters. The molecule has 4 bridgehead atoms. The second-order valence-electron chi connectivity index (χ2n) is 8.19. The van der Waals surface area contributed by atoms with Crippen LogP contribution >= 0.6 is 0 Å². The molecule has 0 atom stereocenters. The molecule has 0 saturated heterocycles. The SMILES string of the molecule is CCc1[nH]ncc1C(=O)N(C)CC12CC3CC(CC(C3)C1)C2. The molecule has 5 rings (SSSR count). The number of amides is 1. The predicted octanol–water partition coefficient (Wildman–Crippen LogP) is 3.26. The van der Waals surface area contributed by atoms with Gasteiger partial charge in [0.25, 0.3) is 5.91 Å². The summed E-state index contributed by atoms with van der Waals surface area (Å²) >= 11 is 0. The monoisotopic (exact) mass is 301 g/mol. The van der Waals surface area contributed by atoms with Crippen LogP contribution in [-0.4, -0.2) is 34.6 Å². The maximum atomic E-state index is 12.8. The molecular weight excluding hydrogens is 274 g/mol. The minimum absolute atomic E-state index is 0.140. The van der Waals surface area contributed by atoms with Gasteiger partial charge in [-0.15, -0.1) is 0 Å². The van der Waals surface area contributed by atoms with Crippen LogP contribution in [0.2, 0.25) is 0 Å². The van der Waals surface area contributed by atoms with E-state index in [1.165, 1.54) is 38.5 Å². The lowest BCUT2D eigenvalue weighted by atomic mass is 9.49. The van der Waals surface area contributed by atoms with Crippen molar-refractivity contribution in [3.63, 3.8) is 0 Å². The summed E-state index contributed by atoms with van der Waals surface area (Å²) in [5.74, 6) is 2.96. The molecule has 1 aromatic heterocycles. The average molecular weight is 301 g/mol. The quantitative estimate of drug-likeness (QED) is 0.928. The van der Waals surface area contributed by atoms with Crippen LogP contribution < -0.4 is 0 Å². The molecule has 0 aliphatic heterocycles. The maximum absolute atomic E-state index is 12.8. The molecule has 4 fully saturated rings. The van der Waals surface area contributed by atoms with Gasteiger partial charge in [0.1, 0.15) is 0 Å². The topological polar surface area (TPSA) is 49.0 Å². The Balaban J connectivity index is 1.50. The molecule has 4 aliphatic rings. The third kappa shape index (κ3) is 2.27. The smallest absolute Gasteiger partial charge is 0.257 e. The van der Waals surface area contributed by atoms with E-state index in [0.717, 1.165) is 42.0 Å². The summed E-state index contributed by atoms with van der Waals surface area (Å²) in [6.45, 7) is 2.99. The lowest BCUT2D eigenvalue weighted by molar-refractivity contribution is -0.0629. The van der Waals surface area contributed by atoms with E-state index in [1.54, 1.807) is 6.20 Å². The number of nitrogens with one attached hydrogen (secondary N) is 1. The van der Waals surface area contributed by atoms with E-state index in [-0.39, 0.29) is 5.91 Å². The Hall–Kier alpha value is -1.32. The molecule has 0 spiro atoms. The fraction of sp³-hybridized carbons (Fsp3) is 0.778. The van der Waals surface area contributed by atoms with Crippen molar-refractivity contribution in [3.05, 3.63) is 17.5 Å². The van der Waals surface area contributed by atoms with Crippen molar-refractivity contribution < 1.29 is 4.79 Å². The van der Waals surface area contributed by atoms with Crippen molar-refractivity contribution in [2.45, 2.75) is 51.9 Å². The van der Waals surface area contributed by atoms with Crippen molar-refractivity contribution in [1.82, 2.24) is 15.1 Å². The van der Waals surface area contributed by atoms with Gasteiger partial charge in [-0.05, 0) is 68.1 Å². The summed E-state index contributed by atoms with van der Waals surface area (Å²) in [4.78, 5) is 14.7. The zero-order valence-corrected chi connectivity index (χ0v) is 13.8. The Morgan fingerprint density at radius 1 is 1.27 bits per heavy atom. The molecule has 1 aromatic rings. The molecule has 0 aromatic carbocycles. The zero-order valence-electron chi connectivity index (χ0n) is 13.8. The van der Waals surface area contributed by atoms with Gasteiger partial charge < -0.3 is 4.90 Å². The summed E-state index contributed by atoms with van der Waals surface area (Å²) in [6, 6.07) is 0. The predicted molar refractivity (Wildman–Crippen MR) is 85.5 cm³/mol. The number of rotatable bonds is 4. The zero-order chi connectivity index (χ0) is 15.3. The normalized spacial score (nSPS) is 35.8. The molecular formula is C18H27N3O. The standard InChI is InChI=1S/C18H27N3O/c1-3-16-15(10-19-20-16)17(22)21(2)11-18-7-12-4-13(8-18)6-14(5-12)9-18/h10,12-14H,3-9,11H2,1-2H3,(H,19,20). The Bertz CT molecular complexity index is 541. The van der Waals surface area contributed by atoms with Crippen LogP contribution in [0.25, 0.3) is 0 Å². The Labute approximate surface area is 132 Å². The summed E-state index contributed by atoms with van der Waals surface area (Å²) in [5.41, 5.74) is 2.13. The Morgan fingerprint density at radius 2 is 1.86 bits per heavy atom. The van der Waals surface area contributed by atoms with E-state index in [9.17, 15) is 4.79 Å². The molecule has 120 valence electrons. The van der Waals surface area contributed by atoms with Crippen molar-refractivity contribution in [2.75, 3.05) is 13.6 Å². The first kappa shape index (κ1) is 14.3. The molecule has 4 nitrogen and oxygen atoms in total. The van der Waals surface area contributed by atoms with Gasteiger partial charge in [0, 0.05) is 19.3 Å². The number of aromatic amines is 1. The molecule has 0 radical (unpaired) electrons. The van der Waals surface area contributed by atoms with E-state index in [2.05, 4.69) is 17.1 Å². The van der Waals surface area contributed by atoms with Crippen LogP contribution in [0.1, 0.15) is 61.5 Å². The van der Waals surface area contributed by atoms with Gasteiger partial charge in [0.15, 0.2) is 0 Å². The van der Waals surface area contributed by atoms with E-state index >= 15 is 0 Å². The van der Waals surface area contributed by atoms with E-state index in [1.807, 2.05) is 11.9 Å². The van der Waals surface area contributed by atoms with Gasteiger partial charge in [-0.2, -0.15) is 5.10 Å². The van der Waals surface area contributed by atoms with Crippen molar-refractivity contribution in [1.29, 1.82) is 0 Å². The fourth-order valence-corrected chi connectivity index (χ4v) is 6.03. The molecule has 4 aliphatic carbocycles. The number of H-pyrrole nitrogens is 1. The molecule has 22 heavy (non-hydrogen) atoms. The molecule has 1 N–H and O–H groups in total. The lowest BCUT2D eigenvalue weighted by Crippen LogP contribution is -2.51. The molecule has 4 saturated carbocycles. The first-order chi connectivity index (χ1) is 10.6. The first-order valence-corrected chi connectivity index (χ1v) is 8.86. The third-order valence-corrected chi connectivity index (χ3v) is 6.39. The number of hydrogen-bond acceptors (Lipinski definition) is 2. The van der Waals surface area contributed by atoms with Crippen LogP contribution in [0.15, 0.2) is 6.20 Å². The van der Waals surface area contributed by atoms with Crippen molar-refractivity contribution in [2.24, 2.45) is 23.2 Å². The Morgan fingerprint density at radius 3 is 2.41 bits per heavy atom. The number of hydrogen-bond donors (Lipinski definition) is 1. The largest absolute Gasteiger partial charge is 0.341 e. The van der Waals surface area contributed by atoms with Gasteiger partial charge in [-0.1, -0.05) is 6.92 Å². The molecule has 1 amide bonds. The second kappa shape index (κ2) is 5.10. The lowest BCUT2D eigenvalue weighted by Gasteiger charge is -2.57. The van der Waals surface area contributed by atoms with Crippen molar-refractivity contribution >= 4 is 5.91 Å². The number of carbonyl (C=O) groups is 1. The highest BCUT2D eigenvalue weighted by atomic mass is 16.2. The van der Waals surface area contributed by atoms with Gasteiger partial charge in [-0.3, -0.25) is 9.89 Å². The van der Waals surface area contributed by atoms with Gasteiger partial charge in [-0.25, -0.2) is 0 Å². The van der Waals surface area contributed by atoms with Gasteiger partial charge in [0.05, 0.1) is 11.8 Å². The van der Waals surface area contributed by atoms with E-state index in [4.69, 9.17) is 0 Å². The fourth-order valence-electron chi connectivity index (χ4n) is 6.03. The summed E-state index contributed by atoms with van der Waals surface area (Å²) < 4.78 is 0. The number of carbonyl (C=O) groups excluding carboxylic acids is 1. The molecule has 1 heterocycles. The minimum Gasteiger partial charge on any atom is -0.341 e. The minimum atomic E-state index is 0.140. The summed E-state index contributed by atoms with van der Waals surface area (Å²) in [7, 11) is 1.98. The highest BCUT2D eigenvalue weighted by Crippen LogP contribution is 2.60. The average Bonchev–Trinajstić information content (AvgIpc) is 2.92. The van der Waals surface area contributed by atoms with Gasteiger partial charge in [0.2, 0.25) is 0 Å². The maximum Gasteiger partial charge on any atom is 0.257 e. The van der Waals surface area contributed by atoms with Crippen LogP contribution in [-0.2, 0) is 6.42 Å².